The Hall–Kier alpha value is -3.09. The van der Waals surface area contributed by atoms with Gasteiger partial charge in [0.05, 0.1) is 19.3 Å². The van der Waals surface area contributed by atoms with Crippen molar-refractivity contribution < 1.29 is 4.74 Å². The number of hydrogen-bond acceptors (Lipinski definition) is 3. The molecule has 5 nitrogen and oxygen atoms in total. The van der Waals surface area contributed by atoms with Crippen LogP contribution in [0.2, 0.25) is 0 Å². The van der Waals surface area contributed by atoms with Crippen LogP contribution in [0.4, 0.5) is 0 Å². The molecule has 0 bridgehead atoms. The van der Waals surface area contributed by atoms with Gasteiger partial charge in [-0.15, -0.1) is 0 Å². The summed E-state index contributed by atoms with van der Waals surface area (Å²) in [5.41, 5.74) is 4.42. The molecule has 33 heavy (non-hydrogen) atoms. The summed E-state index contributed by atoms with van der Waals surface area (Å²) in [6.45, 7) is 2.04. The minimum atomic E-state index is -0.541. The molecule has 170 valence electrons. The number of hydrogen-bond donors (Lipinski definition) is 0. The van der Waals surface area contributed by atoms with Crippen molar-refractivity contribution in [3.05, 3.63) is 84.9 Å². The van der Waals surface area contributed by atoms with Crippen molar-refractivity contribution in [1.82, 2.24) is 19.3 Å². The van der Waals surface area contributed by atoms with Gasteiger partial charge in [0.2, 0.25) is 0 Å². The van der Waals surface area contributed by atoms with E-state index in [1.54, 1.807) is 0 Å². The van der Waals surface area contributed by atoms with Crippen LogP contribution < -0.4 is 0 Å². The average molecular weight is 459 g/mol. The summed E-state index contributed by atoms with van der Waals surface area (Å²) >= 11 is 0. The van der Waals surface area contributed by atoms with Crippen LogP contribution in [0.3, 0.4) is 0 Å². The molecule has 0 fully saturated rings. The zero-order chi connectivity index (χ0) is 22.8. The van der Waals surface area contributed by atoms with E-state index in [4.69, 9.17) is 4.74 Å². The second-order valence-corrected chi connectivity index (χ2v) is 13.9. The molecule has 0 unspecified atom stereocenters. The smallest absolute Gasteiger partial charge is 0.142 e. The molecule has 0 amide bonds. The van der Waals surface area contributed by atoms with Crippen molar-refractivity contribution in [1.29, 1.82) is 0 Å². The standard InChI is InChI=1S/C27H30N4OS/c1-33(2,3)15-14-32-20-30-13-11-26-25(10-12-28-27(26)30)24-17-29-31(19-24)18-21-8-9-22-6-4-5-7-23(22)16-21/h4-13,16-17,19H,14-15,18,20H2,1-3H3. The summed E-state index contributed by atoms with van der Waals surface area (Å²) < 4.78 is 10.0. The molecule has 0 aliphatic heterocycles. The Kier molecular flexibility index (Phi) is 5.96. The monoisotopic (exact) mass is 458 g/mol. The molecule has 0 atom stereocenters. The fraction of sp³-hybridized carbons (Fsp3) is 0.259. The molecule has 5 aromatic rings. The van der Waals surface area contributed by atoms with Crippen molar-refractivity contribution in [3.63, 3.8) is 0 Å². The van der Waals surface area contributed by atoms with Crippen molar-refractivity contribution in [2.75, 3.05) is 31.1 Å². The van der Waals surface area contributed by atoms with Gasteiger partial charge in [0.1, 0.15) is 12.4 Å². The first-order chi connectivity index (χ1) is 16.0. The highest BCUT2D eigenvalue weighted by Crippen LogP contribution is 2.33. The number of nitrogens with zero attached hydrogens (tertiary/aromatic N) is 4. The van der Waals surface area contributed by atoms with Crippen molar-refractivity contribution in [2.45, 2.75) is 13.3 Å². The Bertz CT molecular complexity index is 1400. The van der Waals surface area contributed by atoms with Gasteiger partial charge < -0.3 is 9.30 Å². The van der Waals surface area contributed by atoms with E-state index in [0.29, 0.717) is 6.73 Å². The molecule has 3 aromatic heterocycles. The SMILES string of the molecule is CS(C)(C)CCOCn1ccc2c(-c3cnn(Cc4ccc5ccccc5c4)c3)ccnc21. The molecule has 0 aliphatic carbocycles. The molecular weight excluding hydrogens is 428 g/mol. The molecule has 0 N–H and O–H groups in total. The zero-order valence-electron chi connectivity index (χ0n) is 19.4. The predicted octanol–water partition coefficient (Wildman–Crippen LogP) is 5.77. The Morgan fingerprint density at radius 1 is 0.970 bits per heavy atom. The van der Waals surface area contributed by atoms with E-state index in [2.05, 4.69) is 100 Å². The van der Waals surface area contributed by atoms with Gasteiger partial charge in [-0.3, -0.25) is 4.68 Å². The van der Waals surface area contributed by atoms with Crippen LogP contribution in [0.1, 0.15) is 5.56 Å². The maximum absolute atomic E-state index is 5.94. The lowest BCUT2D eigenvalue weighted by Gasteiger charge is -2.24. The van der Waals surface area contributed by atoms with E-state index >= 15 is 0 Å². The summed E-state index contributed by atoms with van der Waals surface area (Å²) in [4.78, 5) is 4.62. The highest BCUT2D eigenvalue weighted by molar-refractivity contribution is 8.32. The number of aromatic nitrogens is 4. The number of pyridine rings is 1. The van der Waals surface area contributed by atoms with Gasteiger partial charge in [-0.05, 0) is 58.9 Å². The maximum Gasteiger partial charge on any atom is 0.142 e. The van der Waals surface area contributed by atoms with Crippen LogP contribution in [-0.4, -0.2) is 50.5 Å². The Morgan fingerprint density at radius 2 is 1.82 bits per heavy atom. The van der Waals surface area contributed by atoms with Gasteiger partial charge in [0.15, 0.2) is 0 Å². The molecule has 2 aromatic carbocycles. The molecule has 0 aliphatic rings. The zero-order valence-corrected chi connectivity index (χ0v) is 20.3. The number of benzene rings is 2. The number of fused-ring (bicyclic) bond motifs is 2. The number of ether oxygens (including phenoxy) is 1. The molecular formula is C27H30N4OS. The topological polar surface area (TPSA) is 44.9 Å². The van der Waals surface area contributed by atoms with E-state index in [9.17, 15) is 0 Å². The van der Waals surface area contributed by atoms with E-state index in [0.717, 1.165) is 41.1 Å². The first-order valence-electron chi connectivity index (χ1n) is 11.1. The van der Waals surface area contributed by atoms with Crippen LogP contribution in [0.25, 0.3) is 32.9 Å². The van der Waals surface area contributed by atoms with E-state index in [1.165, 1.54) is 16.3 Å². The van der Waals surface area contributed by atoms with Gasteiger partial charge in [-0.1, -0.05) is 36.4 Å². The van der Waals surface area contributed by atoms with Gasteiger partial charge in [-0.2, -0.15) is 5.10 Å². The Morgan fingerprint density at radius 3 is 2.67 bits per heavy atom. The minimum absolute atomic E-state index is 0.525. The first-order valence-corrected chi connectivity index (χ1v) is 14.2. The Balaban J connectivity index is 1.33. The van der Waals surface area contributed by atoms with Gasteiger partial charge >= 0.3 is 0 Å². The second kappa shape index (κ2) is 9.04. The third-order valence-electron chi connectivity index (χ3n) is 5.84. The number of rotatable bonds is 8. The molecule has 0 radical (unpaired) electrons. The normalized spacial score (nSPS) is 12.6. The highest BCUT2D eigenvalue weighted by atomic mass is 32.3. The van der Waals surface area contributed by atoms with Crippen LogP contribution in [0.15, 0.2) is 79.4 Å². The fourth-order valence-electron chi connectivity index (χ4n) is 4.03. The lowest BCUT2D eigenvalue weighted by atomic mass is 10.1. The van der Waals surface area contributed by atoms with Crippen molar-refractivity contribution in [3.8, 4) is 11.1 Å². The summed E-state index contributed by atoms with van der Waals surface area (Å²) in [7, 11) is -0.541. The van der Waals surface area contributed by atoms with Crippen molar-refractivity contribution in [2.24, 2.45) is 0 Å². The van der Waals surface area contributed by atoms with Crippen molar-refractivity contribution >= 4 is 31.8 Å². The summed E-state index contributed by atoms with van der Waals surface area (Å²) in [6, 6.07) is 19.2. The predicted molar refractivity (Wildman–Crippen MR) is 140 cm³/mol. The molecule has 0 saturated heterocycles. The van der Waals surface area contributed by atoms with E-state index < -0.39 is 10.0 Å². The van der Waals surface area contributed by atoms with Crippen LogP contribution >= 0.6 is 10.0 Å². The third kappa shape index (κ3) is 4.97. The quantitative estimate of drug-likeness (QED) is 0.277. The lowest BCUT2D eigenvalue weighted by Crippen LogP contribution is -2.09. The summed E-state index contributed by atoms with van der Waals surface area (Å²) in [5, 5.41) is 8.26. The summed E-state index contributed by atoms with van der Waals surface area (Å²) in [5.74, 6) is 1.11. The van der Waals surface area contributed by atoms with Crippen LogP contribution in [-0.2, 0) is 18.0 Å². The van der Waals surface area contributed by atoms with E-state index in [-0.39, 0.29) is 0 Å². The van der Waals surface area contributed by atoms with Crippen LogP contribution in [0.5, 0.6) is 0 Å². The molecule has 5 rings (SSSR count). The first kappa shape index (κ1) is 21.7. The molecule has 3 heterocycles. The highest BCUT2D eigenvalue weighted by Gasteiger charge is 2.11. The molecule has 0 saturated carbocycles. The molecule has 0 spiro atoms. The summed E-state index contributed by atoms with van der Waals surface area (Å²) in [6.07, 6.45) is 14.9. The third-order valence-corrected chi connectivity index (χ3v) is 7.23. The van der Waals surface area contributed by atoms with E-state index in [1.807, 2.05) is 17.1 Å². The fourth-order valence-corrected chi connectivity index (χ4v) is 4.65. The maximum atomic E-state index is 5.94. The Labute approximate surface area is 196 Å². The molecule has 6 heteroatoms. The second-order valence-electron chi connectivity index (χ2n) is 9.32. The average Bonchev–Trinajstić information content (AvgIpc) is 3.43. The largest absolute Gasteiger partial charge is 0.360 e. The van der Waals surface area contributed by atoms with Gasteiger partial charge in [0.25, 0.3) is 0 Å². The minimum Gasteiger partial charge on any atom is -0.360 e. The lowest BCUT2D eigenvalue weighted by molar-refractivity contribution is 0.0924. The van der Waals surface area contributed by atoms with Gasteiger partial charge in [0, 0.05) is 35.3 Å². The van der Waals surface area contributed by atoms with Gasteiger partial charge in [-0.25, -0.2) is 15.0 Å². The van der Waals surface area contributed by atoms with Crippen LogP contribution in [0, 0.1) is 0 Å².